The molecule has 3 aliphatic rings. The van der Waals surface area contributed by atoms with Crippen LogP contribution in [0, 0.1) is 5.41 Å². The molecule has 1 aromatic carbocycles. The predicted octanol–water partition coefficient (Wildman–Crippen LogP) is 3.88. The highest BCUT2D eigenvalue weighted by atomic mass is 79.9. The van der Waals surface area contributed by atoms with Gasteiger partial charge in [-0.1, -0.05) is 22.4 Å². The number of carbonyl (C=O) groups excluding carboxylic acids is 2. The number of nitrogens with zero attached hydrogens (tertiary/aromatic N) is 1. The topological polar surface area (TPSA) is 49.4 Å². The third-order valence-corrected chi connectivity index (χ3v) is 6.91. The van der Waals surface area contributed by atoms with E-state index in [4.69, 9.17) is 0 Å². The summed E-state index contributed by atoms with van der Waals surface area (Å²) in [5.74, 6) is -0.392. The minimum absolute atomic E-state index is 0.0130. The van der Waals surface area contributed by atoms with E-state index in [0.29, 0.717) is 12.1 Å². The van der Waals surface area contributed by atoms with E-state index >= 15 is 0 Å². The highest BCUT2D eigenvalue weighted by molar-refractivity contribution is 9.10. The van der Waals surface area contributed by atoms with Gasteiger partial charge < -0.3 is 10.2 Å². The molecule has 0 radical (unpaired) electrons. The Morgan fingerprint density at radius 1 is 1.26 bits per heavy atom. The number of benzene rings is 1. The monoisotopic (exact) mass is 440 g/mol. The van der Waals surface area contributed by atoms with E-state index in [9.17, 15) is 18.4 Å². The van der Waals surface area contributed by atoms with Gasteiger partial charge in [0, 0.05) is 35.0 Å². The van der Waals surface area contributed by atoms with E-state index in [1.807, 2.05) is 18.2 Å². The first kappa shape index (κ1) is 18.8. The lowest BCUT2D eigenvalue weighted by molar-refractivity contribution is -0.123. The minimum Gasteiger partial charge on any atom is -0.354 e. The predicted molar refractivity (Wildman–Crippen MR) is 101 cm³/mol. The average molecular weight is 441 g/mol. The van der Waals surface area contributed by atoms with Crippen LogP contribution in [0.1, 0.15) is 54.4 Å². The number of carbonyl (C=O) groups is 2. The summed E-state index contributed by atoms with van der Waals surface area (Å²) in [6, 6.07) is 5.68. The van der Waals surface area contributed by atoms with E-state index in [0.717, 1.165) is 42.1 Å². The van der Waals surface area contributed by atoms with Crippen molar-refractivity contribution in [2.24, 2.45) is 5.41 Å². The van der Waals surface area contributed by atoms with Gasteiger partial charge in [-0.15, -0.1) is 0 Å². The van der Waals surface area contributed by atoms with Crippen molar-refractivity contribution in [1.29, 1.82) is 0 Å². The second kappa shape index (κ2) is 6.83. The van der Waals surface area contributed by atoms with Crippen LogP contribution in [-0.4, -0.2) is 42.8 Å². The van der Waals surface area contributed by atoms with E-state index in [1.165, 1.54) is 0 Å². The molecule has 4 rings (SSSR count). The number of halogens is 3. The third-order valence-electron chi connectivity index (χ3n) is 6.41. The molecule has 146 valence electrons. The molecule has 0 unspecified atom stereocenters. The third kappa shape index (κ3) is 3.62. The fourth-order valence-electron chi connectivity index (χ4n) is 4.51. The Labute approximate surface area is 165 Å². The molecule has 4 nitrogen and oxygen atoms in total. The molecule has 0 bridgehead atoms. The van der Waals surface area contributed by atoms with Crippen LogP contribution in [0.15, 0.2) is 22.7 Å². The van der Waals surface area contributed by atoms with Gasteiger partial charge in [-0.25, -0.2) is 8.78 Å². The van der Waals surface area contributed by atoms with Crippen molar-refractivity contribution >= 4 is 27.7 Å². The van der Waals surface area contributed by atoms with Crippen LogP contribution in [0.4, 0.5) is 8.78 Å². The molecule has 0 aromatic heterocycles. The van der Waals surface area contributed by atoms with Crippen LogP contribution in [0.5, 0.6) is 0 Å². The van der Waals surface area contributed by atoms with Gasteiger partial charge in [0.1, 0.15) is 0 Å². The number of fused-ring (bicyclic) bond motifs is 2. The van der Waals surface area contributed by atoms with Crippen LogP contribution in [0.25, 0.3) is 0 Å². The number of amides is 2. The van der Waals surface area contributed by atoms with E-state index < -0.39 is 11.8 Å². The minimum atomic E-state index is -2.35. The summed E-state index contributed by atoms with van der Waals surface area (Å²) in [5, 5.41) is 2.81. The van der Waals surface area contributed by atoms with Crippen molar-refractivity contribution in [1.82, 2.24) is 10.2 Å². The van der Waals surface area contributed by atoms with Crippen molar-refractivity contribution < 1.29 is 18.4 Å². The van der Waals surface area contributed by atoms with Gasteiger partial charge in [0.05, 0.1) is 6.54 Å². The largest absolute Gasteiger partial charge is 0.354 e. The van der Waals surface area contributed by atoms with Gasteiger partial charge in [-0.3, -0.25) is 9.59 Å². The summed E-state index contributed by atoms with van der Waals surface area (Å²) in [6.07, 6.45) is 1.90. The van der Waals surface area contributed by atoms with Crippen LogP contribution in [0.3, 0.4) is 0 Å². The van der Waals surface area contributed by atoms with Gasteiger partial charge in [-0.05, 0) is 54.9 Å². The van der Waals surface area contributed by atoms with E-state index in [2.05, 4.69) is 21.2 Å². The first-order valence-electron chi connectivity index (χ1n) is 9.47. The summed E-state index contributed by atoms with van der Waals surface area (Å²) < 4.78 is 26.5. The normalized spacial score (nSPS) is 21.8. The second-order valence-corrected chi connectivity index (χ2v) is 9.27. The Morgan fingerprint density at radius 2 is 2.00 bits per heavy atom. The van der Waals surface area contributed by atoms with Crippen LogP contribution in [0.2, 0.25) is 0 Å². The van der Waals surface area contributed by atoms with Crippen LogP contribution >= 0.6 is 15.9 Å². The maximum atomic E-state index is 12.8. The molecule has 0 saturated heterocycles. The standard InChI is InChI=1S/C20H23BrF2N2O2/c21-13-2-3-14-15(8-13)20(6-7-20)12-25(18(14)27)10-17(26)24-11-19(4-1-5-19)9-16(22)23/h2-3,8,16H,1,4-7,9-12H2,(H,24,26). The van der Waals surface area contributed by atoms with E-state index in [-0.39, 0.29) is 36.7 Å². The number of hydrogen-bond acceptors (Lipinski definition) is 2. The molecule has 1 aliphatic heterocycles. The molecule has 2 fully saturated rings. The molecule has 2 aliphatic carbocycles. The highest BCUT2D eigenvalue weighted by Crippen LogP contribution is 2.52. The van der Waals surface area contributed by atoms with Crippen LogP contribution < -0.4 is 5.32 Å². The van der Waals surface area contributed by atoms with Crippen molar-refractivity contribution in [3.8, 4) is 0 Å². The van der Waals surface area contributed by atoms with Gasteiger partial charge in [0.25, 0.3) is 5.91 Å². The first-order valence-corrected chi connectivity index (χ1v) is 10.3. The summed E-state index contributed by atoms with van der Waals surface area (Å²) in [4.78, 5) is 26.9. The molecular formula is C20H23BrF2N2O2. The van der Waals surface area contributed by atoms with Gasteiger partial charge in [0.15, 0.2) is 0 Å². The fourth-order valence-corrected chi connectivity index (χ4v) is 4.87. The zero-order chi connectivity index (χ0) is 19.2. The molecular weight excluding hydrogens is 418 g/mol. The van der Waals surface area contributed by atoms with Crippen molar-refractivity contribution in [3.63, 3.8) is 0 Å². The Kier molecular flexibility index (Phi) is 4.77. The van der Waals surface area contributed by atoms with Crippen LogP contribution in [-0.2, 0) is 10.2 Å². The average Bonchev–Trinajstić information content (AvgIpc) is 3.35. The van der Waals surface area contributed by atoms with Crippen molar-refractivity contribution in [3.05, 3.63) is 33.8 Å². The summed E-state index contributed by atoms with van der Waals surface area (Å²) in [7, 11) is 0. The molecule has 7 heteroatoms. The van der Waals surface area contributed by atoms with E-state index in [1.54, 1.807) is 4.90 Å². The summed E-state index contributed by atoms with van der Waals surface area (Å²) in [6.45, 7) is 0.804. The molecule has 1 spiro atoms. The number of hydrogen-bond donors (Lipinski definition) is 1. The number of alkyl halides is 2. The Hall–Kier alpha value is -1.50. The van der Waals surface area contributed by atoms with Gasteiger partial charge in [0.2, 0.25) is 12.3 Å². The lowest BCUT2D eigenvalue weighted by Gasteiger charge is -2.42. The van der Waals surface area contributed by atoms with Crippen molar-refractivity contribution in [2.75, 3.05) is 19.6 Å². The molecule has 0 atom stereocenters. The highest BCUT2D eigenvalue weighted by Gasteiger charge is 2.51. The molecule has 2 amide bonds. The maximum absolute atomic E-state index is 12.8. The lowest BCUT2D eigenvalue weighted by Crippen LogP contribution is -2.50. The SMILES string of the molecule is O=C(CN1CC2(CC2)c2cc(Br)ccc2C1=O)NCC1(CC(F)F)CCC1. The maximum Gasteiger partial charge on any atom is 0.254 e. The Morgan fingerprint density at radius 3 is 2.59 bits per heavy atom. The Bertz CT molecular complexity index is 775. The smallest absolute Gasteiger partial charge is 0.254 e. The zero-order valence-electron chi connectivity index (χ0n) is 15.1. The molecule has 27 heavy (non-hydrogen) atoms. The zero-order valence-corrected chi connectivity index (χ0v) is 16.7. The van der Waals surface area contributed by atoms with Crippen molar-refractivity contribution in [2.45, 2.75) is 50.4 Å². The molecule has 2 saturated carbocycles. The Balaban J connectivity index is 1.40. The number of nitrogens with one attached hydrogen (secondary N) is 1. The van der Waals surface area contributed by atoms with Gasteiger partial charge >= 0.3 is 0 Å². The fraction of sp³-hybridized carbons (Fsp3) is 0.600. The molecule has 1 N–H and O–H groups in total. The molecule has 1 heterocycles. The summed E-state index contributed by atoms with van der Waals surface area (Å²) in [5.41, 5.74) is 1.25. The second-order valence-electron chi connectivity index (χ2n) is 8.36. The number of rotatable bonds is 6. The van der Waals surface area contributed by atoms with Gasteiger partial charge in [-0.2, -0.15) is 0 Å². The molecule has 1 aromatic rings. The quantitative estimate of drug-likeness (QED) is 0.729. The lowest BCUT2D eigenvalue weighted by atomic mass is 9.66. The first-order chi connectivity index (χ1) is 12.8. The summed E-state index contributed by atoms with van der Waals surface area (Å²) >= 11 is 3.47.